The lowest BCUT2D eigenvalue weighted by Gasteiger charge is -2.11. The highest BCUT2D eigenvalue weighted by molar-refractivity contribution is 7.89. The molecule has 8 nitrogen and oxygen atoms in total. The highest BCUT2D eigenvalue weighted by Crippen LogP contribution is 2.29. The summed E-state index contributed by atoms with van der Waals surface area (Å²) in [6, 6.07) is 11.8. The highest BCUT2D eigenvalue weighted by atomic mass is 32.2. The monoisotopic (exact) mass is 418 g/mol. The van der Waals surface area contributed by atoms with Gasteiger partial charge in [-0.05, 0) is 43.3 Å². The van der Waals surface area contributed by atoms with Gasteiger partial charge in [0.2, 0.25) is 15.9 Å². The van der Waals surface area contributed by atoms with Crippen LogP contribution < -0.4 is 18.9 Å². The largest absolute Gasteiger partial charge is 0.497 e. The number of sulfonamides is 1. The molecule has 0 bridgehead atoms. The summed E-state index contributed by atoms with van der Waals surface area (Å²) < 4.78 is 49.2. The zero-order valence-electron chi connectivity index (χ0n) is 16.6. The van der Waals surface area contributed by atoms with Crippen molar-refractivity contribution in [2.24, 2.45) is 0 Å². The third-order valence-corrected chi connectivity index (χ3v) is 5.74. The standard InChI is InChI=1S/C20H22N2O6S/c1-13-17(22-20(28-13)14-5-7-15(25-2)8-6-14)12-21-29(23,24)19-11-16(26-3)9-10-18(19)27-4/h5-11,21H,12H2,1-4H3. The van der Waals surface area contributed by atoms with Crippen LogP contribution in [0, 0.1) is 6.92 Å². The van der Waals surface area contributed by atoms with Crippen LogP contribution in [0.2, 0.25) is 0 Å². The quantitative estimate of drug-likeness (QED) is 0.600. The molecule has 29 heavy (non-hydrogen) atoms. The molecule has 2 aromatic carbocycles. The molecule has 9 heteroatoms. The molecule has 1 N–H and O–H groups in total. The predicted molar refractivity (Wildman–Crippen MR) is 107 cm³/mol. The van der Waals surface area contributed by atoms with Crippen LogP contribution in [-0.2, 0) is 16.6 Å². The van der Waals surface area contributed by atoms with Gasteiger partial charge in [-0.2, -0.15) is 0 Å². The van der Waals surface area contributed by atoms with E-state index in [9.17, 15) is 8.42 Å². The summed E-state index contributed by atoms with van der Waals surface area (Å²) in [7, 11) is 0.591. The highest BCUT2D eigenvalue weighted by Gasteiger charge is 2.22. The molecule has 0 atom stereocenters. The first-order chi connectivity index (χ1) is 13.9. The maximum Gasteiger partial charge on any atom is 0.244 e. The van der Waals surface area contributed by atoms with E-state index in [1.165, 1.54) is 26.4 Å². The molecular formula is C20H22N2O6S. The smallest absolute Gasteiger partial charge is 0.244 e. The second kappa shape index (κ2) is 8.54. The molecule has 0 aliphatic rings. The Morgan fingerprint density at radius 3 is 2.24 bits per heavy atom. The summed E-state index contributed by atoms with van der Waals surface area (Å²) in [5, 5.41) is 0. The topological polar surface area (TPSA) is 99.9 Å². The van der Waals surface area contributed by atoms with Gasteiger partial charge in [0.1, 0.15) is 27.9 Å². The molecule has 0 fully saturated rings. The molecule has 0 aliphatic carbocycles. The SMILES string of the molecule is COc1ccc(-c2nc(CNS(=O)(=O)c3cc(OC)ccc3OC)c(C)o2)cc1. The molecular weight excluding hydrogens is 396 g/mol. The van der Waals surface area contributed by atoms with Gasteiger partial charge in [-0.1, -0.05) is 0 Å². The van der Waals surface area contributed by atoms with Crippen molar-refractivity contribution in [3.8, 4) is 28.7 Å². The van der Waals surface area contributed by atoms with Crippen LogP contribution in [-0.4, -0.2) is 34.7 Å². The zero-order chi connectivity index (χ0) is 21.0. The number of aryl methyl sites for hydroxylation is 1. The fourth-order valence-corrected chi connectivity index (χ4v) is 3.85. The molecule has 0 radical (unpaired) electrons. The minimum atomic E-state index is -3.87. The van der Waals surface area contributed by atoms with Crippen molar-refractivity contribution in [1.82, 2.24) is 9.71 Å². The van der Waals surface area contributed by atoms with Gasteiger partial charge in [-0.3, -0.25) is 0 Å². The van der Waals surface area contributed by atoms with Crippen LogP contribution >= 0.6 is 0 Å². The van der Waals surface area contributed by atoms with Gasteiger partial charge in [-0.15, -0.1) is 0 Å². The Morgan fingerprint density at radius 1 is 0.966 bits per heavy atom. The average Bonchev–Trinajstić information content (AvgIpc) is 3.12. The normalized spacial score (nSPS) is 11.3. The summed E-state index contributed by atoms with van der Waals surface area (Å²) in [4.78, 5) is 4.40. The van der Waals surface area contributed by atoms with Crippen LogP contribution in [0.1, 0.15) is 11.5 Å². The molecule has 1 aromatic heterocycles. The van der Waals surface area contributed by atoms with Gasteiger partial charge < -0.3 is 18.6 Å². The van der Waals surface area contributed by atoms with Crippen LogP contribution in [0.25, 0.3) is 11.5 Å². The van der Waals surface area contributed by atoms with Gasteiger partial charge >= 0.3 is 0 Å². The molecule has 0 amide bonds. The first-order valence-electron chi connectivity index (χ1n) is 8.70. The van der Waals surface area contributed by atoms with Crippen molar-refractivity contribution in [3.05, 3.63) is 53.9 Å². The fraction of sp³-hybridized carbons (Fsp3) is 0.250. The van der Waals surface area contributed by atoms with Gasteiger partial charge in [0.05, 0.1) is 33.6 Å². The number of ether oxygens (including phenoxy) is 3. The van der Waals surface area contributed by atoms with E-state index in [1.807, 2.05) is 12.1 Å². The minimum Gasteiger partial charge on any atom is -0.497 e. The molecule has 0 aliphatic heterocycles. The summed E-state index contributed by atoms with van der Waals surface area (Å²) in [6.07, 6.45) is 0. The molecule has 3 rings (SSSR count). The van der Waals surface area contributed by atoms with Gasteiger partial charge in [0.15, 0.2) is 0 Å². The van der Waals surface area contributed by atoms with E-state index in [2.05, 4.69) is 9.71 Å². The number of nitrogens with zero attached hydrogens (tertiary/aromatic N) is 1. The Labute approximate surface area is 169 Å². The van der Waals surface area contributed by atoms with Crippen LogP contribution in [0.3, 0.4) is 0 Å². The first-order valence-corrected chi connectivity index (χ1v) is 10.2. The van der Waals surface area contributed by atoms with E-state index < -0.39 is 10.0 Å². The number of aromatic nitrogens is 1. The molecule has 0 unspecified atom stereocenters. The Kier molecular flexibility index (Phi) is 6.09. The van der Waals surface area contributed by atoms with Crippen LogP contribution in [0.4, 0.5) is 0 Å². The van der Waals surface area contributed by atoms with E-state index in [0.29, 0.717) is 23.1 Å². The summed E-state index contributed by atoms with van der Waals surface area (Å²) in [5.74, 6) is 2.27. The van der Waals surface area contributed by atoms with E-state index in [0.717, 1.165) is 11.3 Å². The summed E-state index contributed by atoms with van der Waals surface area (Å²) in [5.41, 5.74) is 1.25. The van der Waals surface area contributed by atoms with Gasteiger partial charge in [0.25, 0.3) is 0 Å². The number of oxazole rings is 1. The minimum absolute atomic E-state index is 0.0177. The van der Waals surface area contributed by atoms with Gasteiger partial charge in [0, 0.05) is 11.6 Å². The van der Waals surface area contributed by atoms with E-state index in [-0.39, 0.29) is 17.2 Å². The fourth-order valence-electron chi connectivity index (χ4n) is 2.68. The third kappa shape index (κ3) is 4.52. The summed E-state index contributed by atoms with van der Waals surface area (Å²) >= 11 is 0. The van der Waals surface area contributed by atoms with Crippen LogP contribution in [0.15, 0.2) is 51.8 Å². The van der Waals surface area contributed by atoms with Crippen molar-refractivity contribution < 1.29 is 27.0 Å². The Bertz CT molecular complexity index is 1090. The number of rotatable bonds is 8. The van der Waals surface area contributed by atoms with Crippen molar-refractivity contribution in [2.75, 3.05) is 21.3 Å². The Balaban J connectivity index is 1.81. The molecule has 0 saturated heterocycles. The molecule has 154 valence electrons. The predicted octanol–water partition coefficient (Wildman–Crippen LogP) is 3.15. The lowest BCUT2D eigenvalue weighted by molar-refractivity contribution is 0.392. The van der Waals surface area contributed by atoms with E-state index in [1.54, 1.807) is 32.2 Å². The van der Waals surface area contributed by atoms with E-state index >= 15 is 0 Å². The van der Waals surface area contributed by atoms with E-state index in [4.69, 9.17) is 18.6 Å². The third-order valence-electron chi connectivity index (χ3n) is 4.32. The number of nitrogens with one attached hydrogen (secondary N) is 1. The Morgan fingerprint density at radius 2 is 1.62 bits per heavy atom. The molecule has 3 aromatic rings. The average molecular weight is 418 g/mol. The zero-order valence-corrected chi connectivity index (χ0v) is 17.4. The number of benzene rings is 2. The van der Waals surface area contributed by atoms with Crippen molar-refractivity contribution in [2.45, 2.75) is 18.4 Å². The summed E-state index contributed by atoms with van der Waals surface area (Å²) in [6.45, 7) is 1.70. The lowest BCUT2D eigenvalue weighted by Crippen LogP contribution is -2.24. The Hall–Kier alpha value is -3.04. The molecule has 0 saturated carbocycles. The molecule has 1 heterocycles. The number of hydrogen-bond acceptors (Lipinski definition) is 7. The lowest BCUT2D eigenvalue weighted by atomic mass is 10.2. The maximum atomic E-state index is 12.8. The van der Waals surface area contributed by atoms with Crippen molar-refractivity contribution in [1.29, 1.82) is 0 Å². The maximum absolute atomic E-state index is 12.8. The first kappa shape index (κ1) is 20.7. The van der Waals surface area contributed by atoms with Crippen molar-refractivity contribution in [3.63, 3.8) is 0 Å². The number of methoxy groups -OCH3 is 3. The second-order valence-electron chi connectivity index (χ2n) is 6.09. The van der Waals surface area contributed by atoms with Crippen molar-refractivity contribution >= 4 is 10.0 Å². The number of hydrogen-bond donors (Lipinski definition) is 1. The van der Waals surface area contributed by atoms with Gasteiger partial charge in [-0.25, -0.2) is 18.1 Å². The second-order valence-corrected chi connectivity index (χ2v) is 7.83. The molecule has 0 spiro atoms. The van der Waals surface area contributed by atoms with Crippen LogP contribution in [0.5, 0.6) is 17.2 Å².